The van der Waals surface area contributed by atoms with E-state index in [2.05, 4.69) is 15.3 Å². The molecule has 0 atom stereocenters. The number of benzene rings is 1. The molecular weight excluding hydrogens is 244 g/mol. The second-order valence-electron chi connectivity index (χ2n) is 5.03. The maximum Gasteiger partial charge on any atom is 0.412 e. The normalized spacial score (nSPS) is 10.5. The van der Waals surface area contributed by atoms with E-state index in [0.717, 1.165) is 5.56 Å². The van der Waals surface area contributed by atoms with Crippen LogP contribution in [-0.2, 0) is 11.2 Å². The zero-order valence-electron chi connectivity index (χ0n) is 11.4. The number of nitrogens with zero attached hydrogens (tertiary/aromatic N) is 3. The van der Waals surface area contributed by atoms with Crippen molar-refractivity contribution in [2.75, 3.05) is 11.9 Å². The summed E-state index contributed by atoms with van der Waals surface area (Å²) in [5.74, 6) is 0. The molecule has 0 aromatic heterocycles. The Kier molecular flexibility index (Phi) is 5.21. The summed E-state index contributed by atoms with van der Waals surface area (Å²) in [7, 11) is 0. The standard InChI is InChI=1S/C13H18N4O2/c1-13(2,3)19-12(18)16-11-6-4-5-10(9-11)7-8-15-17-14/h4-6,9H,7-8H2,1-3H3,(H,16,18). The molecule has 1 aromatic carbocycles. The molecule has 0 saturated heterocycles. The van der Waals surface area contributed by atoms with Crippen LogP contribution >= 0.6 is 0 Å². The summed E-state index contributed by atoms with van der Waals surface area (Å²) in [5, 5.41) is 6.14. The Morgan fingerprint density at radius 2 is 2.21 bits per heavy atom. The zero-order chi connectivity index (χ0) is 14.3. The highest BCUT2D eigenvalue weighted by atomic mass is 16.6. The Morgan fingerprint density at radius 1 is 1.47 bits per heavy atom. The maximum absolute atomic E-state index is 11.6. The van der Waals surface area contributed by atoms with Gasteiger partial charge in [-0.1, -0.05) is 17.2 Å². The lowest BCUT2D eigenvalue weighted by Gasteiger charge is -2.19. The van der Waals surface area contributed by atoms with Crippen molar-refractivity contribution in [2.24, 2.45) is 5.11 Å². The van der Waals surface area contributed by atoms with E-state index in [1.807, 2.05) is 39.0 Å². The molecule has 0 aliphatic rings. The highest BCUT2D eigenvalue weighted by molar-refractivity contribution is 5.84. The average molecular weight is 262 g/mol. The van der Waals surface area contributed by atoms with E-state index >= 15 is 0 Å². The Labute approximate surface area is 112 Å². The molecule has 0 radical (unpaired) electrons. The van der Waals surface area contributed by atoms with Crippen LogP contribution in [0, 0.1) is 0 Å². The molecule has 102 valence electrons. The number of anilines is 1. The van der Waals surface area contributed by atoms with Gasteiger partial charge in [-0.25, -0.2) is 4.79 Å². The van der Waals surface area contributed by atoms with Crippen molar-refractivity contribution in [3.05, 3.63) is 40.3 Å². The van der Waals surface area contributed by atoms with Gasteiger partial charge in [-0.2, -0.15) is 0 Å². The Morgan fingerprint density at radius 3 is 2.84 bits per heavy atom. The van der Waals surface area contributed by atoms with Crippen molar-refractivity contribution < 1.29 is 9.53 Å². The van der Waals surface area contributed by atoms with Crippen LogP contribution in [-0.4, -0.2) is 18.2 Å². The number of ether oxygens (including phenoxy) is 1. The number of hydrogen-bond acceptors (Lipinski definition) is 3. The summed E-state index contributed by atoms with van der Waals surface area (Å²) < 4.78 is 5.16. The molecule has 0 saturated carbocycles. The fourth-order valence-electron chi connectivity index (χ4n) is 1.45. The van der Waals surface area contributed by atoms with Crippen LogP contribution in [0.25, 0.3) is 10.4 Å². The van der Waals surface area contributed by atoms with Crippen LogP contribution in [0.4, 0.5) is 10.5 Å². The SMILES string of the molecule is CC(C)(C)OC(=O)Nc1cccc(CCN=[N+]=[N-])c1. The summed E-state index contributed by atoms with van der Waals surface area (Å²) >= 11 is 0. The number of carbonyl (C=O) groups is 1. The molecule has 1 aromatic rings. The monoisotopic (exact) mass is 262 g/mol. The fraction of sp³-hybridized carbons (Fsp3) is 0.462. The van der Waals surface area contributed by atoms with Crippen LogP contribution < -0.4 is 5.32 Å². The Bertz CT molecular complexity index is 488. The predicted octanol–water partition coefficient (Wildman–Crippen LogP) is 3.89. The lowest BCUT2D eigenvalue weighted by Crippen LogP contribution is -2.27. The largest absolute Gasteiger partial charge is 0.444 e. The molecule has 0 aliphatic carbocycles. The van der Waals surface area contributed by atoms with Crippen LogP contribution in [0.1, 0.15) is 26.3 Å². The van der Waals surface area contributed by atoms with Crippen molar-refractivity contribution in [3.8, 4) is 0 Å². The van der Waals surface area contributed by atoms with Gasteiger partial charge in [0, 0.05) is 17.1 Å². The Hall–Kier alpha value is -2.20. The second-order valence-corrected chi connectivity index (χ2v) is 5.03. The minimum Gasteiger partial charge on any atom is -0.444 e. The van der Waals surface area contributed by atoms with Gasteiger partial charge in [0.15, 0.2) is 0 Å². The minimum atomic E-state index is -0.525. The molecular formula is C13H18N4O2. The van der Waals surface area contributed by atoms with E-state index in [-0.39, 0.29) is 0 Å². The highest BCUT2D eigenvalue weighted by Gasteiger charge is 2.16. The molecule has 1 amide bonds. The molecule has 0 heterocycles. The second kappa shape index (κ2) is 6.66. The van der Waals surface area contributed by atoms with Gasteiger partial charge in [-0.15, -0.1) is 0 Å². The van der Waals surface area contributed by atoms with E-state index in [1.54, 1.807) is 6.07 Å². The topological polar surface area (TPSA) is 87.1 Å². The van der Waals surface area contributed by atoms with Crippen LogP contribution in [0.3, 0.4) is 0 Å². The summed E-state index contributed by atoms with van der Waals surface area (Å²) in [6.45, 7) is 5.82. The van der Waals surface area contributed by atoms with E-state index < -0.39 is 11.7 Å². The first-order valence-electron chi connectivity index (χ1n) is 6.00. The smallest absolute Gasteiger partial charge is 0.412 e. The molecule has 0 unspecified atom stereocenters. The van der Waals surface area contributed by atoms with Gasteiger partial charge in [0.1, 0.15) is 5.60 Å². The summed E-state index contributed by atoms with van der Waals surface area (Å²) in [6, 6.07) is 7.35. The highest BCUT2D eigenvalue weighted by Crippen LogP contribution is 2.14. The van der Waals surface area contributed by atoms with E-state index in [0.29, 0.717) is 18.7 Å². The fourth-order valence-corrected chi connectivity index (χ4v) is 1.45. The number of nitrogens with one attached hydrogen (secondary N) is 1. The third-order valence-corrected chi connectivity index (χ3v) is 2.14. The lowest BCUT2D eigenvalue weighted by molar-refractivity contribution is 0.0636. The predicted molar refractivity (Wildman–Crippen MR) is 74.0 cm³/mol. The van der Waals surface area contributed by atoms with Gasteiger partial charge in [-0.05, 0) is 50.4 Å². The van der Waals surface area contributed by atoms with Gasteiger partial charge in [0.05, 0.1) is 0 Å². The average Bonchev–Trinajstić information content (AvgIpc) is 2.27. The van der Waals surface area contributed by atoms with E-state index in [1.165, 1.54) is 0 Å². The number of rotatable bonds is 4. The quantitative estimate of drug-likeness (QED) is 0.507. The first-order chi connectivity index (χ1) is 8.90. The van der Waals surface area contributed by atoms with Crippen molar-refractivity contribution >= 4 is 11.8 Å². The third kappa shape index (κ3) is 6.33. The minimum absolute atomic E-state index is 0.395. The Balaban J connectivity index is 2.61. The first-order valence-corrected chi connectivity index (χ1v) is 6.00. The van der Waals surface area contributed by atoms with Crippen molar-refractivity contribution in [2.45, 2.75) is 32.8 Å². The molecule has 0 aliphatic heterocycles. The number of azide groups is 1. The van der Waals surface area contributed by atoms with Crippen molar-refractivity contribution in [3.63, 3.8) is 0 Å². The zero-order valence-corrected chi connectivity index (χ0v) is 11.4. The van der Waals surface area contributed by atoms with Gasteiger partial charge < -0.3 is 4.74 Å². The summed E-state index contributed by atoms with van der Waals surface area (Å²) in [4.78, 5) is 14.3. The number of carbonyl (C=O) groups excluding carboxylic acids is 1. The molecule has 19 heavy (non-hydrogen) atoms. The van der Waals surface area contributed by atoms with E-state index in [9.17, 15) is 4.79 Å². The summed E-state index contributed by atoms with van der Waals surface area (Å²) in [5.41, 5.74) is 9.33. The van der Waals surface area contributed by atoms with Crippen LogP contribution in [0.2, 0.25) is 0 Å². The van der Waals surface area contributed by atoms with Crippen molar-refractivity contribution in [1.82, 2.24) is 0 Å². The lowest BCUT2D eigenvalue weighted by atomic mass is 10.1. The number of amides is 1. The number of hydrogen-bond donors (Lipinski definition) is 1. The molecule has 0 fully saturated rings. The molecule has 0 spiro atoms. The first kappa shape index (κ1) is 14.9. The maximum atomic E-state index is 11.6. The van der Waals surface area contributed by atoms with E-state index in [4.69, 9.17) is 10.3 Å². The van der Waals surface area contributed by atoms with Gasteiger partial charge in [0.25, 0.3) is 0 Å². The summed E-state index contributed by atoms with van der Waals surface area (Å²) in [6.07, 6.45) is 0.146. The molecule has 1 rings (SSSR count). The van der Waals surface area contributed by atoms with Crippen LogP contribution in [0.15, 0.2) is 29.4 Å². The van der Waals surface area contributed by atoms with Crippen LogP contribution in [0.5, 0.6) is 0 Å². The van der Waals surface area contributed by atoms with Gasteiger partial charge >= 0.3 is 6.09 Å². The van der Waals surface area contributed by atoms with Crippen molar-refractivity contribution in [1.29, 1.82) is 0 Å². The van der Waals surface area contributed by atoms with Gasteiger partial charge in [0.2, 0.25) is 0 Å². The van der Waals surface area contributed by atoms with Gasteiger partial charge in [-0.3, -0.25) is 5.32 Å². The molecule has 0 bridgehead atoms. The molecule has 6 nitrogen and oxygen atoms in total. The third-order valence-electron chi connectivity index (χ3n) is 2.14. The molecule has 1 N–H and O–H groups in total. The molecule has 6 heteroatoms.